The molecule has 2 aromatic carbocycles. The second-order valence-corrected chi connectivity index (χ2v) is 9.98. The van der Waals surface area contributed by atoms with Crippen molar-refractivity contribution >= 4 is 16.7 Å². The van der Waals surface area contributed by atoms with E-state index in [9.17, 15) is 23.8 Å². The molecular weight excluding hydrogens is 487 g/mol. The molecule has 1 aliphatic carbocycles. The van der Waals surface area contributed by atoms with Crippen molar-refractivity contribution in [2.24, 2.45) is 0 Å². The van der Waals surface area contributed by atoms with Crippen molar-refractivity contribution in [2.75, 3.05) is 6.56 Å². The van der Waals surface area contributed by atoms with Crippen LogP contribution in [0.1, 0.15) is 66.4 Å². The Morgan fingerprint density at radius 1 is 1.24 bits per heavy atom. The fraction of sp³-hybridized carbons (Fsp3) is 0.464. The number of rotatable bonds is 9. The van der Waals surface area contributed by atoms with Crippen LogP contribution in [0.4, 0.5) is 13.2 Å². The average molecular weight is 525 g/mol. The van der Waals surface area contributed by atoms with Gasteiger partial charge in [-0.1, -0.05) is 26.8 Å². The maximum Gasteiger partial charge on any atom is 0.586 e. The summed E-state index contributed by atoms with van der Waals surface area (Å²) in [5, 5.41) is 19.9. The summed E-state index contributed by atoms with van der Waals surface area (Å²) in [6.45, 7) is -1.78. The van der Waals surface area contributed by atoms with Crippen LogP contribution in [0.3, 0.4) is 0 Å². The van der Waals surface area contributed by atoms with E-state index >= 15 is 4.39 Å². The lowest BCUT2D eigenvalue weighted by atomic mass is 9.86. The summed E-state index contributed by atoms with van der Waals surface area (Å²) in [6, 6.07) is 1.75. The third-order valence-corrected chi connectivity index (χ3v) is 7.17. The van der Waals surface area contributed by atoms with Crippen molar-refractivity contribution in [1.82, 2.24) is 4.57 Å². The Hall–Kier alpha value is -3.04. The zero-order valence-corrected chi connectivity index (χ0v) is 20.3. The average Bonchev–Trinajstić information content (AvgIpc) is 3.58. The van der Waals surface area contributed by atoms with E-state index in [1.165, 1.54) is 18.2 Å². The normalized spacial score (nSPS) is 21.8. The molecule has 0 spiro atoms. The number of hydrogen-bond acceptors (Lipinski definition) is 5. The van der Waals surface area contributed by atoms with Crippen molar-refractivity contribution in [3.05, 3.63) is 59.0 Å². The van der Waals surface area contributed by atoms with Gasteiger partial charge < -0.3 is 24.3 Å². The molecule has 2 N–H and O–H groups in total. The molecule has 0 amide bonds. The molecule has 2 heterocycles. The zero-order valence-electron chi connectivity index (χ0n) is 27.3. The van der Waals surface area contributed by atoms with Gasteiger partial charge in [0.1, 0.15) is 11.6 Å². The first-order chi connectivity index (χ1) is 20.1. The first-order valence-electron chi connectivity index (χ1n) is 15.3. The molecule has 5 rings (SSSR count). The number of aliphatic hydroxyl groups is 2. The maximum absolute atomic E-state index is 16.0. The number of aromatic nitrogens is 1. The summed E-state index contributed by atoms with van der Waals surface area (Å²) in [6.07, 6.45) is -6.46. The summed E-state index contributed by atoms with van der Waals surface area (Å²) < 4.78 is 111. The van der Waals surface area contributed by atoms with E-state index in [0.29, 0.717) is 23.0 Å². The molecule has 37 heavy (non-hydrogen) atoms. The first-order valence-corrected chi connectivity index (χ1v) is 11.8. The third kappa shape index (κ3) is 4.48. The molecule has 9 heteroatoms. The van der Waals surface area contributed by atoms with Crippen LogP contribution in [0.5, 0.6) is 11.5 Å². The molecule has 0 saturated heterocycles. The summed E-state index contributed by atoms with van der Waals surface area (Å²) in [4.78, 5) is 13.7. The van der Waals surface area contributed by atoms with Gasteiger partial charge in [-0.3, -0.25) is 4.79 Å². The number of ketones is 1. The Balaban J connectivity index is 1.65. The minimum absolute atomic E-state index is 0.177. The van der Waals surface area contributed by atoms with Gasteiger partial charge in [0.2, 0.25) is 0 Å². The number of nitrogens with zero attached hydrogens (tertiary/aromatic N) is 1. The van der Waals surface area contributed by atoms with Gasteiger partial charge >= 0.3 is 6.29 Å². The van der Waals surface area contributed by atoms with E-state index in [1.54, 1.807) is 20.8 Å². The standard InChI is InChI=1S/C28H30F3NO5/c1-4-26(2,3)24-10-17-9-16(20(29)13-21(17)32(24)14-19(34)15-33)11-25(35)27(7-8-27)18-5-6-22-23(12-18)37-28(30,31)36-22/h5-6,9-10,12-13,19,33-34H,4,7-8,11,14-15H2,1-3H3/t19-/m1/s1/i9D,10D,13D,14D2,15D2. The Morgan fingerprint density at radius 2 is 1.95 bits per heavy atom. The Morgan fingerprint density at radius 3 is 2.59 bits per heavy atom. The van der Waals surface area contributed by atoms with Crippen molar-refractivity contribution in [2.45, 2.75) is 76.2 Å². The number of benzene rings is 2. The lowest BCUT2D eigenvalue weighted by Gasteiger charge is -2.26. The van der Waals surface area contributed by atoms with Crippen LogP contribution in [0.25, 0.3) is 10.9 Å². The van der Waals surface area contributed by atoms with Gasteiger partial charge in [0.15, 0.2) is 11.5 Å². The van der Waals surface area contributed by atoms with Gasteiger partial charge in [0, 0.05) is 22.9 Å². The van der Waals surface area contributed by atoms with Crippen LogP contribution >= 0.6 is 0 Å². The van der Waals surface area contributed by atoms with Crippen molar-refractivity contribution in [3.63, 3.8) is 0 Å². The molecule has 1 aliphatic heterocycles. The SMILES string of the molecule is [2H]c1c(CC(=O)C2(c3ccc4c(c3)OC(F)(F)O4)CC2)c(F)c([2H])c2c1c([2H])c(C(C)(C)CC)n2C([2H])([2H])[C@@H](O)C([2H])([2H])O. The second kappa shape index (κ2) is 8.77. The van der Waals surface area contributed by atoms with Gasteiger partial charge in [0.05, 0.1) is 39.7 Å². The number of carbonyl (C=O) groups excluding carboxylic acids is 1. The van der Waals surface area contributed by atoms with Gasteiger partial charge in [-0.15, -0.1) is 8.78 Å². The van der Waals surface area contributed by atoms with E-state index in [4.69, 9.17) is 9.60 Å². The Kier molecular flexibility index (Phi) is 4.33. The molecule has 1 fully saturated rings. The van der Waals surface area contributed by atoms with E-state index in [1.807, 2.05) is 0 Å². The number of hydrogen-bond donors (Lipinski definition) is 2. The summed E-state index contributed by atoms with van der Waals surface area (Å²) in [7, 11) is 0. The Labute approximate surface area is 222 Å². The number of alkyl halides is 2. The van der Waals surface area contributed by atoms with Gasteiger partial charge in [-0.05, 0) is 60.6 Å². The van der Waals surface area contributed by atoms with Gasteiger partial charge in [-0.25, -0.2) is 4.39 Å². The Bertz CT molecular complexity index is 1700. The molecule has 0 unspecified atom stereocenters. The van der Waals surface area contributed by atoms with Crippen LogP contribution < -0.4 is 9.47 Å². The fourth-order valence-electron chi connectivity index (χ4n) is 4.52. The molecule has 3 aromatic rings. The predicted octanol–water partition coefficient (Wildman–Crippen LogP) is 4.99. The smallest absolute Gasteiger partial charge is 0.395 e. The van der Waals surface area contributed by atoms with Crippen molar-refractivity contribution < 1.29 is 47.2 Å². The third-order valence-electron chi connectivity index (χ3n) is 7.17. The van der Waals surface area contributed by atoms with E-state index in [-0.39, 0.29) is 29.0 Å². The minimum Gasteiger partial charge on any atom is -0.395 e. The number of ether oxygens (including phenoxy) is 2. The number of Topliss-reactive ketones (excluding diaryl/α,β-unsaturated/α-hetero) is 1. The molecule has 1 saturated carbocycles. The topological polar surface area (TPSA) is 80.9 Å². The number of fused-ring (bicyclic) bond motifs is 2. The predicted molar refractivity (Wildman–Crippen MR) is 131 cm³/mol. The number of carbonyl (C=O) groups is 1. The molecular formula is C28H30F3NO5. The monoisotopic (exact) mass is 524 g/mol. The van der Waals surface area contributed by atoms with Crippen molar-refractivity contribution in [3.8, 4) is 11.5 Å². The van der Waals surface area contributed by atoms with Crippen LogP contribution in [-0.2, 0) is 28.5 Å². The molecule has 0 radical (unpaired) electrons. The second-order valence-electron chi connectivity index (χ2n) is 9.98. The largest absolute Gasteiger partial charge is 0.586 e. The number of aliphatic hydroxyl groups excluding tert-OH is 1. The fourth-order valence-corrected chi connectivity index (χ4v) is 4.52. The maximum atomic E-state index is 16.0. The highest BCUT2D eigenvalue weighted by Crippen LogP contribution is 2.52. The summed E-state index contributed by atoms with van der Waals surface area (Å²) >= 11 is 0. The summed E-state index contributed by atoms with van der Waals surface area (Å²) in [5.74, 6) is -2.42. The minimum atomic E-state index is -3.87. The van der Waals surface area contributed by atoms with E-state index < -0.39 is 83.5 Å². The zero-order chi connectivity index (χ0) is 32.9. The highest BCUT2D eigenvalue weighted by atomic mass is 19.3. The lowest BCUT2D eigenvalue weighted by molar-refractivity contribution is -0.286. The van der Waals surface area contributed by atoms with Gasteiger partial charge in [0.25, 0.3) is 0 Å². The molecule has 6 nitrogen and oxygen atoms in total. The van der Waals surface area contributed by atoms with Crippen LogP contribution in [0.15, 0.2) is 36.3 Å². The summed E-state index contributed by atoms with van der Waals surface area (Å²) in [5.41, 5.74) is -3.28. The first kappa shape index (κ1) is 18.3. The molecule has 1 aromatic heterocycles. The quantitative estimate of drug-likeness (QED) is 0.413. The van der Waals surface area contributed by atoms with E-state index in [2.05, 4.69) is 9.47 Å². The molecule has 198 valence electrons. The van der Waals surface area contributed by atoms with Crippen molar-refractivity contribution in [1.29, 1.82) is 0 Å². The molecule has 0 bridgehead atoms. The molecule has 1 atom stereocenters. The highest BCUT2D eigenvalue weighted by Gasteiger charge is 2.52. The van der Waals surface area contributed by atoms with Crippen LogP contribution in [0.2, 0.25) is 0 Å². The highest BCUT2D eigenvalue weighted by molar-refractivity contribution is 5.95. The lowest BCUT2D eigenvalue weighted by Crippen LogP contribution is -2.26. The molecule has 2 aliphatic rings. The van der Waals surface area contributed by atoms with Gasteiger partial charge in [-0.2, -0.15) is 0 Å². The van der Waals surface area contributed by atoms with E-state index in [0.717, 1.165) is 0 Å². The van der Waals surface area contributed by atoms with Crippen LogP contribution in [0, 0.1) is 5.82 Å². The van der Waals surface area contributed by atoms with Crippen LogP contribution in [-0.4, -0.2) is 39.5 Å². The number of halogens is 3.